The first-order valence-corrected chi connectivity index (χ1v) is 11.3. The number of fused-ring (bicyclic) bond motifs is 2. The standard InChI is InChI=1S/C24H21ClN4O4/c25-16-3-1-14(2-4-16)23-18-12-28(8-7-19(18)26-27-23)24(31)15-9-22(30)29(11-15)17-5-6-20-21(10-17)33-13-32-20/h1-6,10,15H,7-9,11-13H2,(H,26,27). The zero-order chi connectivity index (χ0) is 22.5. The number of aromatic amines is 1. The van der Waals surface area contributed by atoms with Gasteiger partial charge in [0.25, 0.3) is 0 Å². The molecule has 2 amide bonds. The first-order valence-electron chi connectivity index (χ1n) is 10.9. The third-order valence-electron chi connectivity index (χ3n) is 6.50. The van der Waals surface area contributed by atoms with E-state index in [1.54, 1.807) is 17.0 Å². The number of nitrogens with one attached hydrogen (secondary N) is 1. The Morgan fingerprint density at radius 3 is 2.79 bits per heavy atom. The zero-order valence-corrected chi connectivity index (χ0v) is 18.5. The van der Waals surface area contributed by atoms with E-state index >= 15 is 0 Å². The molecule has 3 aliphatic rings. The molecule has 168 valence electrons. The molecule has 0 aliphatic carbocycles. The van der Waals surface area contributed by atoms with E-state index in [0.717, 1.165) is 28.2 Å². The van der Waals surface area contributed by atoms with Gasteiger partial charge < -0.3 is 19.3 Å². The number of carbonyl (C=O) groups excluding carboxylic acids is 2. The fourth-order valence-corrected chi connectivity index (χ4v) is 4.89. The summed E-state index contributed by atoms with van der Waals surface area (Å²) in [6.45, 7) is 1.60. The summed E-state index contributed by atoms with van der Waals surface area (Å²) in [5.41, 5.74) is 4.59. The Balaban J connectivity index is 1.19. The number of hydrogen-bond acceptors (Lipinski definition) is 5. The van der Waals surface area contributed by atoms with Gasteiger partial charge in [-0.2, -0.15) is 5.10 Å². The molecule has 1 atom stereocenters. The van der Waals surface area contributed by atoms with Crippen molar-refractivity contribution in [3.8, 4) is 22.8 Å². The summed E-state index contributed by atoms with van der Waals surface area (Å²) in [6.07, 6.45) is 0.903. The second kappa shape index (κ2) is 7.81. The van der Waals surface area contributed by atoms with Crippen LogP contribution in [0, 0.1) is 5.92 Å². The largest absolute Gasteiger partial charge is 0.454 e. The van der Waals surface area contributed by atoms with Crippen LogP contribution in [0.25, 0.3) is 11.3 Å². The van der Waals surface area contributed by atoms with Crippen LogP contribution in [0.1, 0.15) is 17.7 Å². The first-order chi connectivity index (χ1) is 16.1. The summed E-state index contributed by atoms with van der Waals surface area (Å²) >= 11 is 6.02. The van der Waals surface area contributed by atoms with E-state index in [-0.39, 0.29) is 30.9 Å². The molecule has 1 aromatic heterocycles. The number of ether oxygens (including phenoxy) is 2. The average Bonchev–Trinajstić information content (AvgIpc) is 3.56. The molecule has 2 aromatic carbocycles. The van der Waals surface area contributed by atoms with Crippen molar-refractivity contribution >= 4 is 29.1 Å². The van der Waals surface area contributed by atoms with Crippen molar-refractivity contribution in [1.29, 1.82) is 0 Å². The molecule has 3 aromatic rings. The van der Waals surface area contributed by atoms with Crippen LogP contribution in [0.2, 0.25) is 5.02 Å². The van der Waals surface area contributed by atoms with E-state index in [9.17, 15) is 9.59 Å². The maximum atomic E-state index is 13.4. The first kappa shape index (κ1) is 20.1. The monoisotopic (exact) mass is 464 g/mol. The average molecular weight is 465 g/mol. The van der Waals surface area contributed by atoms with Gasteiger partial charge in [0, 0.05) is 66.1 Å². The minimum atomic E-state index is -0.379. The van der Waals surface area contributed by atoms with Crippen molar-refractivity contribution in [3.63, 3.8) is 0 Å². The lowest BCUT2D eigenvalue weighted by Gasteiger charge is -2.29. The number of nitrogens with zero attached hydrogens (tertiary/aromatic N) is 3. The number of rotatable bonds is 3. The lowest BCUT2D eigenvalue weighted by molar-refractivity contribution is -0.136. The Kier molecular flexibility index (Phi) is 4.76. The van der Waals surface area contributed by atoms with Crippen LogP contribution in [0.15, 0.2) is 42.5 Å². The SMILES string of the molecule is O=C(C1CC(=O)N(c2ccc3c(c2)OCO3)C1)N1CCc2[nH]nc(-c3ccc(Cl)cc3)c2C1. The fourth-order valence-electron chi connectivity index (χ4n) is 4.76. The lowest BCUT2D eigenvalue weighted by Crippen LogP contribution is -2.40. The Labute approximate surface area is 195 Å². The van der Waals surface area contributed by atoms with E-state index in [4.69, 9.17) is 21.1 Å². The molecule has 1 N–H and O–H groups in total. The molecule has 0 saturated carbocycles. The van der Waals surface area contributed by atoms with Gasteiger partial charge in [-0.25, -0.2) is 0 Å². The summed E-state index contributed by atoms with van der Waals surface area (Å²) in [6, 6.07) is 12.9. The smallest absolute Gasteiger partial charge is 0.231 e. The molecule has 1 fully saturated rings. The van der Waals surface area contributed by atoms with Crippen LogP contribution in [0.3, 0.4) is 0 Å². The van der Waals surface area contributed by atoms with Crippen LogP contribution >= 0.6 is 11.6 Å². The van der Waals surface area contributed by atoms with Crippen LogP contribution in [0.5, 0.6) is 11.5 Å². The normalized spacial score (nSPS) is 19.2. The highest BCUT2D eigenvalue weighted by atomic mass is 35.5. The predicted octanol–water partition coefficient (Wildman–Crippen LogP) is 3.40. The maximum absolute atomic E-state index is 13.4. The van der Waals surface area contributed by atoms with Crippen molar-refractivity contribution in [2.45, 2.75) is 19.4 Å². The number of H-pyrrole nitrogens is 1. The Bertz CT molecular complexity index is 1260. The molecule has 0 spiro atoms. The third-order valence-corrected chi connectivity index (χ3v) is 6.76. The Morgan fingerprint density at radius 1 is 1.12 bits per heavy atom. The van der Waals surface area contributed by atoms with Gasteiger partial charge in [-0.3, -0.25) is 14.7 Å². The number of benzene rings is 2. The van der Waals surface area contributed by atoms with Gasteiger partial charge in [0.2, 0.25) is 18.6 Å². The van der Waals surface area contributed by atoms with Gasteiger partial charge in [-0.05, 0) is 24.3 Å². The van der Waals surface area contributed by atoms with E-state index in [1.807, 2.05) is 35.2 Å². The Morgan fingerprint density at radius 2 is 1.94 bits per heavy atom. The number of hydrogen-bond donors (Lipinski definition) is 1. The topological polar surface area (TPSA) is 87.8 Å². The quantitative estimate of drug-likeness (QED) is 0.642. The molecule has 0 radical (unpaired) electrons. The minimum absolute atomic E-state index is 0.000462. The number of carbonyl (C=O) groups is 2. The van der Waals surface area contributed by atoms with E-state index in [1.165, 1.54) is 0 Å². The van der Waals surface area contributed by atoms with Gasteiger partial charge >= 0.3 is 0 Å². The molecule has 1 saturated heterocycles. The highest BCUT2D eigenvalue weighted by Gasteiger charge is 2.39. The number of halogens is 1. The van der Waals surface area contributed by atoms with Gasteiger partial charge in [0.1, 0.15) is 0 Å². The minimum Gasteiger partial charge on any atom is -0.454 e. The summed E-state index contributed by atoms with van der Waals surface area (Å²) in [4.78, 5) is 29.7. The van der Waals surface area contributed by atoms with Crippen molar-refractivity contribution in [2.75, 3.05) is 24.8 Å². The third kappa shape index (κ3) is 3.51. The van der Waals surface area contributed by atoms with Gasteiger partial charge in [0.05, 0.1) is 11.6 Å². The highest BCUT2D eigenvalue weighted by molar-refractivity contribution is 6.30. The molecule has 4 heterocycles. The van der Waals surface area contributed by atoms with Crippen LogP contribution in [-0.4, -0.2) is 46.8 Å². The highest BCUT2D eigenvalue weighted by Crippen LogP contribution is 2.38. The summed E-state index contributed by atoms with van der Waals surface area (Å²) in [5, 5.41) is 8.27. The predicted molar refractivity (Wildman–Crippen MR) is 121 cm³/mol. The number of amides is 2. The molecule has 6 rings (SSSR count). The van der Waals surface area contributed by atoms with Crippen LogP contribution < -0.4 is 14.4 Å². The van der Waals surface area contributed by atoms with Crippen molar-refractivity contribution < 1.29 is 19.1 Å². The molecule has 33 heavy (non-hydrogen) atoms. The van der Waals surface area contributed by atoms with Crippen molar-refractivity contribution in [3.05, 3.63) is 58.7 Å². The van der Waals surface area contributed by atoms with Crippen LogP contribution in [0.4, 0.5) is 5.69 Å². The number of aromatic nitrogens is 2. The van der Waals surface area contributed by atoms with Gasteiger partial charge in [-0.1, -0.05) is 23.7 Å². The summed E-state index contributed by atoms with van der Waals surface area (Å²) < 4.78 is 10.8. The summed E-state index contributed by atoms with van der Waals surface area (Å²) in [5.74, 6) is 0.845. The zero-order valence-electron chi connectivity index (χ0n) is 17.7. The van der Waals surface area contributed by atoms with Crippen LogP contribution in [-0.2, 0) is 22.6 Å². The molecular weight excluding hydrogens is 444 g/mol. The van der Waals surface area contributed by atoms with Gasteiger partial charge in [-0.15, -0.1) is 0 Å². The second-order valence-electron chi connectivity index (χ2n) is 8.49. The molecule has 8 nitrogen and oxygen atoms in total. The molecule has 9 heteroatoms. The van der Waals surface area contributed by atoms with E-state index < -0.39 is 0 Å². The molecule has 3 aliphatic heterocycles. The number of anilines is 1. The second-order valence-corrected chi connectivity index (χ2v) is 8.93. The fraction of sp³-hybridized carbons (Fsp3) is 0.292. The van der Waals surface area contributed by atoms with E-state index in [2.05, 4.69) is 10.2 Å². The van der Waals surface area contributed by atoms with E-state index in [0.29, 0.717) is 42.6 Å². The molecule has 0 bridgehead atoms. The van der Waals surface area contributed by atoms with Gasteiger partial charge in [0.15, 0.2) is 11.5 Å². The summed E-state index contributed by atoms with van der Waals surface area (Å²) in [7, 11) is 0. The lowest BCUT2D eigenvalue weighted by atomic mass is 9.99. The van der Waals surface area contributed by atoms with Crippen molar-refractivity contribution in [1.82, 2.24) is 15.1 Å². The maximum Gasteiger partial charge on any atom is 0.231 e. The molecular formula is C24H21ClN4O4. The van der Waals surface area contributed by atoms with Crippen molar-refractivity contribution in [2.24, 2.45) is 5.92 Å². The Hall–Kier alpha value is -3.52. The molecule has 1 unspecified atom stereocenters.